The van der Waals surface area contributed by atoms with Crippen molar-refractivity contribution in [2.75, 3.05) is 11.9 Å². The van der Waals surface area contributed by atoms with Crippen LogP contribution in [0.5, 0.6) is 0 Å². The van der Waals surface area contributed by atoms with Gasteiger partial charge in [-0.1, -0.05) is 6.07 Å². The Hall–Kier alpha value is -2.57. The molecule has 1 aliphatic carbocycles. The standard InChI is InChI=1S/C16H22N4O3/c1-10(2)18-16(23)20-13-5-3-4-11(8-13)15(22)17-9-14(21)19-12-6-7-12/h3-5,8,10,12H,6-7,9H2,1-2H3,(H,17,22)(H,19,21)(H2,18,20,23). The van der Waals surface area contributed by atoms with Crippen molar-refractivity contribution >= 4 is 23.5 Å². The lowest BCUT2D eigenvalue weighted by atomic mass is 10.2. The third-order valence-corrected chi connectivity index (χ3v) is 3.15. The third-order valence-electron chi connectivity index (χ3n) is 3.15. The molecule has 1 aromatic rings. The minimum absolute atomic E-state index is 0.0199. The van der Waals surface area contributed by atoms with Crippen LogP contribution in [0.2, 0.25) is 0 Å². The van der Waals surface area contributed by atoms with Crippen LogP contribution >= 0.6 is 0 Å². The summed E-state index contributed by atoms with van der Waals surface area (Å²) in [5.41, 5.74) is 0.893. The molecule has 0 spiro atoms. The van der Waals surface area contributed by atoms with Crippen LogP contribution < -0.4 is 21.3 Å². The van der Waals surface area contributed by atoms with E-state index in [0.717, 1.165) is 12.8 Å². The van der Waals surface area contributed by atoms with Crippen LogP contribution in [-0.4, -0.2) is 36.5 Å². The fourth-order valence-electron chi connectivity index (χ4n) is 1.94. The van der Waals surface area contributed by atoms with Crippen molar-refractivity contribution in [2.24, 2.45) is 0 Å². The fourth-order valence-corrected chi connectivity index (χ4v) is 1.94. The van der Waals surface area contributed by atoms with E-state index in [1.165, 1.54) is 0 Å². The van der Waals surface area contributed by atoms with Crippen LogP contribution in [0.15, 0.2) is 24.3 Å². The Morgan fingerprint density at radius 3 is 2.61 bits per heavy atom. The molecule has 1 aliphatic rings. The van der Waals surface area contributed by atoms with Gasteiger partial charge < -0.3 is 21.3 Å². The molecule has 0 radical (unpaired) electrons. The van der Waals surface area contributed by atoms with E-state index in [0.29, 0.717) is 11.3 Å². The van der Waals surface area contributed by atoms with E-state index in [1.54, 1.807) is 24.3 Å². The predicted molar refractivity (Wildman–Crippen MR) is 87.2 cm³/mol. The van der Waals surface area contributed by atoms with Crippen LogP contribution in [0.1, 0.15) is 37.0 Å². The summed E-state index contributed by atoms with van der Waals surface area (Å²) in [4.78, 5) is 35.3. The number of hydrogen-bond acceptors (Lipinski definition) is 3. The molecule has 1 aromatic carbocycles. The van der Waals surface area contributed by atoms with Gasteiger partial charge in [-0.25, -0.2) is 4.79 Å². The van der Waals surface area contributed by atoms with Crippen molar-refractivity contribution in [1.29, 1.82) is 0 Å². The molecule has 7 nitrogen and oxygen atoms in total. The number of anilines is 1. The summed E-state index contributed by atoms with van der Waals surface area (Å²) < 4.78 is 0. The summed E-state index contributed by atoms with van der Waals surface area (Å²) in [5, 5.41) is 10.7. The van der Waals surface area contributed by atoms with E-state index in [9.17, 15) is 14.4 Å². The smallest absolute Gasteiger partial charge is 0.319 e. The number of nitrogens with one attached hydrogen (secondary N) is 4. The topological polar surface area (TPSA) is 99.3 Å². The first-order chi connectivity index (χ1) is 10.9. The molecule has 1 fully saturated rings. The summed E-state index contributed by atoms with van der Waals surface area (Å²) in [7, 11) is 0. The molecule has 4 amide bonds. The number of urea groups is 1. The van der Waals surface area contributed by atoms with Gasteiger partial charge in [0.15, 0.2) is 0 Å². The van der Waals surface area contributed by atoms with Gasteiger partial charge in [0, 0.05) is 23.3 Å². The molecule has 1 saturated carbocycles. The van der Waals surface area contributed by atoms with Crippen LogP contribution in [0, 0.1) is 0 Å². The van der Waals surface area contributed by atoms with E-state index in [-0.39, 0.29) is 36.5 Å². The summed E-state index contributed by atoms with van der Waals surface area (Å²) in [6.45, 7) is 3.66. The van der Waals surface area contributed by atoms with E-state index < -0.39 is 0 Å². The maximum Gasteiger partial charge on any atom is 0.319 e. The molecule has 0 unspecified atom stereocenters. The fraction of sp³-hybridized carbons (Fsp3) is 0.438. The van der Waals surface area contributed by atoms with Crippen molar-refractivity contribution in [3.8, 4) is 0 Å². The van der Waals surface area contributed by atoms with Crippen molar-refractivity contribution in [2.45, 2.75) is 38.8 Å². The second-order valence-corrected chi connectivity index (χ2v) is 5.86. The average Bonchev–Trinajstić information content (AvgIpc) is 3.28. The van der Waals surface area contributed by atoms with Gasteiger partial charge in [-0.3, -0.25) is 9.59 Å². The minimum atomic E-state index is -0.358. The predicted octanol–water partition coefficient (Wildman–Crippen LogP) is 1.22. The highest BCUT2D eigenvalue weighted by Gasteiger charge is 2.23. The number of benzene rings is 1. The van der Waals surface area contributed by atoms with Gasteiger partial charge in [-0.15, -0.1) is 0 Å². The summed E-state index contributed by atoms with van der Waals surface area (Å²) in [6.07, 6.45) is 2.01. The lowest BCUT2D eigenvalue weighted by molar-refractivity contribution is -0.120. The highest BCUT2D eigenvalue weighted by atomic mass is 16.2. The zero-order valence-corrected chi connectivity index (χ0v) is 13.3. The third kappa shape index (κ3) is 5.98. The Morgan fingerprint density at radius 2 is 1.96 bits per heavy atom. The summed E-state index contributed by atoms with van der Waals surface area (Å²) in [5.74, 6) is -0.546. The van der Waals surface area contributed by atoms with E-state index in [1.807, 2.05) is 13.8 Å². The highest BCUT2D eigenvalue weighted by Crippen LogP contribution is 2.18. The maximum atomic E-state index is 12.0. The molecule has 0 heterocycles. The van der Waals surface area contributed by atoms with Gasteiger partial charge in [-0.05, 0) is 44.9 Å². The Kier molecular flexibility index (Phi) is 5.56. The molecule has 2 rings (SSSR count). The molecule has 4 N–H and O–H groups in total. The van der Waals surface area contributed by atoms with Crippen LogP contribution in [0.3, 0.4) is 0 Å². The van der Waals surface area contributed by atoms with Crippen molar-refractivity contribution in [3.63, 3.8) is 0 Å². The highest BCUT2D eigenvalue weighted by molar-refractivity contribution is 5.98. The Labute approximate surface area is 135 Å². The van der Waals surface area contributed by atoms with Gasteiger partial charge in [0.1, 0.15) is 0 Å². The quantitative estimate of drug-likeness (QED) is 0.634. The van der Waals surface area contributed by atoms with Crippen molar-refractivity contribution < 1.29 is 14.4 Å². The van der Waals surface area contributed by atoms with Gasteiger partial charge in [0.25, 0.3) is 5.91 Å². The largest absolute Gasteiger partial charge is 0.352 e. The van der Waals surface area contributed by atoms with Gasteiger partial charge in [0.05, 0.1) is 6.54 Å². The monoisotopic (exact) mass is 318 g/mol. The molecule has 0 aliphatic heterocycles. The Morgan fingerprint density at radius 1 is 1.22 bits per heavy atom. The molecule has 0 aromatic heterocycles. The lowest BCUT2D eigenvalue weighted by Crippen LogP contribution is -2.37. The molecule has 0 saturated heterocycles. The molecular weight excluding hydrogens is 296 g/mol. The zero-order valence-electron chi connectivity index (χ0n) is 13.3. The van der Waals surface area contributed by atoms with Crippen molar-refractivity contribution in [1.82, 2.24) is 16.0 Å². The van der Waals surface area contributed by atoms with E-state index in [4.69, 9.17) is 0 Å². The Balaban J connectivity index is 1.86. The minimum Gasteiger partial charge on any atom is -0.352 e. The normalized spacial score (nSPS) is 13.3. The van der Waals surface area contributed by atoms with E-state index in [2.05, 4.69) is 21.3 Å². The Bertz CT molecular complexity index is 597. The van der Waals surface area contributed by atoms with Gasteiger partial charge >= 0.3 is 6.03 Å². The number of carbonyl (C=O) groups is 3. The van der Waals surface area contributed by atoms with Gasteiger partial charge in [-0.2, -0.15) is 0 Å². The molecule has 124 valence electrons. The van der Waals surface area contributed by atoms with Crippen LogP contribution in [-0.2, 0) is 4.79 Å². The SMILES string of the molecule is CC(C)NC(=O)Nc1cccc(C(=O)NCC(=O)NC2CC2)c1. The second kappa shape index (κ2) is 7.62. The molecule has 23 heavy (non-hydrogen) atoms. The lowest BCUT2D eigenvalue weighted by Gasteiger charge is -2.11. The maximum absolute atomic E-state index is 12.0. The molecule has 0 atom stereocenters. The van der Waals surface area contributed by atoms with Crippen LogP contribution in [0.4, 0.5) is 10.5 Å². The summed E-state index contributed by atoms with van der Waals surface area (Å²) in [6, 6.07) is 6.51. The van der Waals surface area contributed by atoms with Gasteiger partial charge in [0.2, 0.25) is 5.91 Å². The van der Waals surface area contributed by atoms with E-state index >= 15 is 0 Å². The average molecular weight is 318 g/mol. The zero-order chi connectivity index (χ0) is 16.8. The molecular formula is C16H22N4O3. The number of carbonyl (C=O) groups excluding carboxylic acids is 3. The second-order valence-electron chi connectivity index (χ2n) is 5.86. The van der Waals surface area contributed by atoms with Crippen molar-refractivity contribution in [3.05, 3.63) is 29.8 Å². The first kappa shape index (κ1) is 16.8. The first-order valence-electron chi connectivity index (χ1n) is 7.69. The number of amides is 4. The first-order valence-corrected chi connectivity index (χ1v) is 7.69. The number of hydrogen-bond donors (Lipinski definition) is 4. The van der Waals surface area contributed by atoms with Crippen LogP contribution in [0.25, 0.3) is 0 Å². The molecule has 0 bridgehead atoms. The molecule has 7 heteroatoms. The summed E-state index contributed by atoms with van der Waals surface area (Å²) >= 11 is 0. The number of rotatable bonds is 6.